The van der Waals surface area contributed by atoms with Gasteiger partial charge in [0, 0.05) is 31.9 Å². The highest BCUT2D eigenvalue weighted by Gasteiger charge is 2.14. The number of hydrogen-bond donors (Lipinski definition) is 2. The standard InChI is InChI=1S/C22H32N8.HI/c1-6-19-18(20(7-2)30(5)28-19)14-24-22(23-13-17-11-9-8-10-12-17)25-15-21-27-26-16(3)29(21)4;/h8-12H,6-7,13-15H2,1-5H3,(H2,23,24,25);1H. The fraction of sp³-hybridized carbons (Fsp3) is 0.455. The predicted molar refractivity (Wildman–Crippen MR) is 134 cm³/mol. The van der Waals surface area contributed by atoms with E-state index in [2.05, 4.69) is 51.9 Å². The Hall–Kier alpha value is -2.43. The second kappa shape index (κ2) is 11.8. The molecular weight excluding hydrogens is 503 g/mol. The van der Waals surface area contributed by atoms with Crippen LogP contribution in [0.4, 0.5) is 0 Å². The molecule has 0 fully saturated rings. The molecule has 0 bridgehead atoms. The van der Waals surface area contributed by atoms with E-state index in [1.165, 1.54) is 11.3 Å². The lowest BCUT2D eigenvalue weighted by Gasteiger charge is -2.14. The van der Waals surface area contributed by atoms with Gasteiger partial charge in [0.05, 0.1) is 18.8 Å². The zero-order valence-corrected chi connectivity index (χ0v) is 21.3. The monoisotopic (exact) mass is 536 g/mol. The van der Waals surface area contributed by atoms with Crippen LogP contribution in [-0.2, 0) is 46.6 Å². The smallest absolute Gasteiger partial charge is 0.192 e. The molecule has 0 unspecified atom stereocenters. The molecule has 2 aromatic heterocycles. The van der Waals surface area contributed by atoms with E-state index in [1.54, 1.807) is 0 Å². The van der Waals surface area contributed by atoms with Crippen molar-refractivity contribution in [2.24, 2.45) is 19.1 Å². The first-order chi connectivity index (χ1) is 14.5. The molecule has 2 N–H and O–H groups in total. The number of guanidine groups is 1. The second-order valence-electron chi connectivity index (χ2n) is 7.28. The summed E-state index contributed by atoms with van der Waals surface area (Å²) in [5.74, 6) is 2.50. The van der Waals surface area contributed by atoms with Crippen LogP contribution in [0.2, 0.25) is 0 Å². The summed E-state index contributed by atoms with van der Waals surface area (Å²) in [7, 11) is 3.98. The minimum Gasteiger partial charge on any atom is -0.352 e. The molecule has 2 heterocycles. The highest BCUT2D eigenvalue weighted by molar-refractivity contribution is 14.0. The lowest BCUT2D eigenvalue weighted by Crippen LogP contribution is -2.37. The van der Waals surface area contributed by atoms with Crippen LogP contribution in [0, 0.1) is 6.92 Å². The van der Waals surface area contributed by atoms with E-state index in [4.69, 9.17) is 4.99 Å². The summed E-state index contributed by atoms with van der Waals surface area (Å²) in [4.78, 5) is 4.79. The fourth-order valence-electron chi connectivity index (χ4n) is 3.46. The first kappa shape index (κ1) is 24.8. The van der Waals surface area contributed by atoms with Gasteiger partial charge in [-0.3, -0.25) is 4.68 Å². The number of benzene rings is 1. The lowest BCUT2D eigenvalue weighted by atomic mass is 10.1. The van der Waals surface area contributed by atoms with Crippen LogP contribution in [0.15, 0.2) is 35.3 Å². The summed E-state index contributed by atoms with van der Waals surface area (Å²) in [6, 6.07) is 10.2. The summed E-state index contributed by atoms with van der Waals surface area (Å²) >= 11 is 0. The molecule has 0 radical (unpaired) electrons. The van der Waals surface area contributed by atoms with Gasteiger partial charge >= 0.3 is 0 Å². The van der Waals surface area contributed by atoms with Crippen LogP contribution in [0.3, 0.4) is 0 Å². The first-order valence-electron chi connectivity index (χ1n) is 10.5. The summed E-state index contributed by atoms with van der Waals surface area (Å²) in [6.07, 6.45) is 1.86. The molecule has 8 nitrogen and oxygen atoms in total. The molecule has 0 aliphatic carbocycles. The largest absolute Gasteiger partial charge is 0.352 e. The number of halogens is 1. The molecule has 0 aliphatic heterocycles. The maximum Gasteiger partial charge on any atom is 0.192 e. The first-order valence-corrected chi connectivity index (χ1v) is 10.5. The van der Waals surface area contributed by atoms with E-state index in [0.717, 1.165) is 41.7 Å². The number of rotatable bonds is 8. The zero-order valence-electron chi connectivity index (χ0n) is 19.0. The zero-order chi connectivity index (χ0) is 21.5. The van der Waals surface area contributed by atoms with Crippen molar-refractivity contribution >= 4 is 29.9 Å². The molecule has 1 aromatic carbocycles. The van der Waals surface area contributed by atoms with Crippen LogP contribution >= 0.6 is 24.0 Å². The molecule has 0 saturated heterocycles. The molecule has 9 heteroatoms. The Balaban J connectivity index is 0.00000341. The molecule has 31 heavy (non-hydrogen) atoms. The highest BCUT2D eigenvalue weighted by atomic mass is 127. The van der Waals surface area contributed by atoms with Crippen molar-refractivity contribution in [2.45, 2.75) is 53.2 Å². The summed E-state index contributed by atoms with van der Waals surface area (Å²) in [5.41, 5.74) is 4.81. The molecule has 3 aromatic rings. The molecule has 0 amide bonds. The van der Waals surface area contributed by atoms with Crippen molar-refractivity contribution in [3.05, 3.63) is 64.5 Å². The Kier molecular flexibility index (Phi) is 9.47. The Morgan fingerprint density at radius 3 is 2.32 bits per heavy atom. The number of nitrogens with one attached hydrogen (secondary N) is 2. The van der Waals surface area contributed by atoms with Crippen LogP contribution in [0.1, 0.15) is 48.0 Å². The maximum absolute atomic E-state index is 4.79. The van der Waals surface area contributed by atoms with Gasteiger partial charge in [-0.05, 0) is 25.3 Å². The van der Waals surface area contributed by atoms with Gasteiger partial charge in [-0.2, -0.15) is 5.10 Å². The van der Waals surface area contributed by atoms with Crippen LogP contribution in [0.25, 0.3) is 0 Å². The molecule has 0 spiro atoms. The normalized spacial score (nSPS) is 11.3. The minimum absolute atomic E-state index is 0. The SMILES string of the molecule is CCc1nn(C)c(CC)c1CNC(=NCc1ccccc1)NCc1nnc(C)n1C.I. The van der Waals surface area contributed by atoms with Gasteiger partial charge in [-0.1, -0.05) is 44.2 Å². The van der Waals surface area contributed by atoms with Crippen LogP contribution in [0.5, 0.6) is 0 Å². The molecular formula is C22H33IN8. The van der Waals surface area contributed by atoms with Gasteiger partial charge in [0.25, 0.3) is 0 Å². The summed E-state index contributed by atoms with van der Waals surface area (Å²) in [5, 5.41) is 19.9. The lowest BCUT2D eigenvalue weighted by molar-refractivity contribution is 0.699. The van der Waals surface area contributed by atoms with E-state index in [1.807, 2.05) is 48.5 Å². The van der Waals surface area contributed by atoms with Gasteiger partial charge in [0.2, 0.25) is 0 Å². The van der Waals surface area contributed by atoms with Crippen LogP contribution < -0.4 is 10.6 Å². The second-order valence-corrected chi connectivity index (χ2v) is 7.28. The minimum atomic E-state index is 0. The van der Waals surface area contributed by atoms with E-state index >= 15 is 0 Å². The third-order valence-corrected chi connectivity index (χ3v) is 5.32. The van der Waals surface area contributed by atoms with E-state index in [9.17, 15) is 0 Å². The van der Waals surface area contributed by atoms with Gasteiger partial charge in [-0.15, -0.1) is 34.2 Å². The molecule has 168 valence electrons. The number of aromatic nitrogens is 5. The van der Waals surface area contributed by atoms with Crippen molar-refractivity contribution in [2.75, 3.05) is 0 Å². The van der Waals surface area contributed by atoms with Crippen molar-refractivity contribution in [1.29, 1.82) is 0 Å². The van der Waals surface area contributed by atoms with E-state index in [-0.39, 0.29) is 24.0 Å². The van der Waals surface area contributed by atoms with Gasteiger partial charge in [0.1, 0.15) is 5.82 Å². The van der Waals surface area contributed by atoms with E-state index in [0.29, 0.717) is 19.6 Å². The van der Waals surface area contributed by atoms with Crippen molar-refractivity contribution in [1.82, 2.24) is 35.2 Å². The van der Waals surface area contributed by atoms with Crippen molar-refractivity contribution in [3.63, 3.8) is 0 Å². The number of aryl methyl sites for hydroxylation is 3. The van der Waals surface area contributed by atoms with Gasteiger partial charge in [-0.25, -0.2) is 4.99 Å². The predicted octanol–water partition coefficient (Wildman–Crippen LogP) is 3.04. The third-order valence-electron chi connectivity index (χ3n) is 5.32. The van der Waals surface area contributed by atoms with Gasteiger partial charge < -0.3 is 15.2 Å². The van der Waals surface area contributed by atoms with Gasteiger partial charge in [0.15, 0.2) is 11.8 Å². The Labute approximate surface area is 201 Å². The topological polar surface area (TPSA) is 84.9 Å². The third kappa shape index (κ3) is 6.28. The fourth-order valence-corrected chi connectivity index (χ4v) is 3.46. The van der Waals surface area contributed by atoms with Crippen LogP contribution in [-0.4, -0.2) is 30.5 Å². The van der Waals surface area contributed by atoms with Crippen molar-refractivity contribution < 1.29 is 0 Å². The average molecular weight is 536 g/mol. The Bertz CT molecular complexity index is 991. The van der Waals surface area contributed by atoms with Crippen molar-refractivity contribution in [3.8, 4) is 0 Å². The number of hydrogen-bond acceptors (Lipinski definition) is 4. The average Bonchev–Trinajstić information content (AvgIpc) is 3.26. The highest BCUT2D eigenvalue weighted by Crippen LogP contribution is 2.15. The Morgan fingerprint density at radius 1 is 1.00 bits per heavy atom. The van der Waals surface area contributed by atoms with E-state index < -0.39 is 0 Å². The molecule has 0 saturated carbocycles. The maximum atomic E-state index is 4.79. The molecule has 0 atom stereocenters. The molecule has 3 rings (SSSR count). The summed E-state index contributed by atoms with van der Waals surface area (Å²) in [6.45, 7) is 8.08. The number of nitrogens with zero attached hydrogens (tertiary/aromatic N) is 6. The number of aliphatic imine (C=N–C) groups is 1. The summed E-state index contributed by atoms with van der Waals surface area (Å²) < 4.78 is 3.97. The molecule has 0 aliphatic rings. The quantitative estimate of drug-likeness (QED) is 0.263. The Morgan fingerprint density at radius 2 is 1.71 bits per heavy atom.